The summed E-state index contributed by atoms with van der Waals surface area (Å²) >= 11 is 20.7. The molecule has 2 aliphatic rings. The number of hydrogen-bond donors (Lipinski definition) is 0. The number of rotatable bonds is 3. The molecule has 2 unspecified atom stereocenters. The first kappa shape index (κ1) is 22.0. The molecule has 0 nitrogen and oxygen atoms in total. The van der Waals surface area contributed by atoms with E-state index in [1.807, 2.05) is 24.3 Å². The minimum absolute atomic E-state index is 0.0174. The number of halogens is 6. The fourth-order valence-electron chi connectivity index (χ4n) is 4.46. The van der Waals surface area contributed by atoms with Crippen molar-refractivity contribution in [1.82, 2.24) is 0 Å². The molecule has 0 radical (unpaired) electrons. The summed E-state index contributed by atoms with van der Waals surface area (Å²) in [5.41, 5.74) is 4.28. The Balaban J connectivity index is 1.92. The third-order valence-electron chi connectivity index (χ3n) is 6.15. The maximum atomic E-state index is 7.76. The van der Waals surface area contributed by atoms with Gasteiger partial charge < -0.3 is 0 Å². The molecule has 0 N–H and O–H groups in total. The average molecular weight is 589 g/mol. The van der Waals surface area contributed by atoms with Gasteiger partial charge in [-0.05, 0) is 0 Å². The summed E-state index contributed by atoms with van der Waals surface area (Å²) in [6.45, 7) is 4.52. The molecule has 0 heterocycles. The molecule has 8 heteroatoms. The van der Waals surface area contributed by atoms with Crippen LogP contribution in [0.3, 0.4) is 0 Å². The molecule has 2 atom stereocenters. The van der Waals surface area contributed by atoms with Gasteiger partial charge in [0.15, 0.2) is 0 Å². The SMILES string of the molecule is C[SiH](C)[Zr]([Cl])([Cl])([CH]1C=Cc2cc(Cl)c(Cl)cc21)[CH]1C=Cc2cc(Cl)c(Cl)cc21. The van der Waals surface area contributed by atoms with Crippen LogP contribution in [0.5, 0.6) is 0 Å². The van der Waals surface area contributed by atoms with Gasteiger partial charge in [-0.3, -0.25) is 0 Å². The van der Waals surface area contributed by atoms with Gasteiger partial charge in [0.05, 0.1) is 0 Å². The molecule has 0 bridgehead atoms. The van der Waals surface area contributed by atoms with Crippen molar-refractivity contribution >= 4 is 81.5 Å². The number of allylic oxidation sites excluding steroid dienone is 2. The molecule has 147 valence electrons. The van der Waals surface area contributed by atoms with Gasteiger partial charge in [-0.15, -0.1) is 0 Å². The number of fused-ring (bicyclic) bond motifs is 2. The Labute approximate surface area is 194 Å². The zero-order valence-electron chi connectivity index (χ0n) is 15.1. The predicted molar refractivity (Wildman–Crippen MR) is 127 cm³/mol. The molecule has 4 rings (SSSR count). The molecule has 2 aromatic carbocycles. The standard InChI is InChI=1S/2C9H5Cl2.C2H7Si.2ClH.Zr/c2*10-8-4-6-2-1-3-7(6)5-9(8)11;1-3-2;;;/h2*1-5H;3H,1-2H3;2*1H;/q;;;;;+2/p-2. The molecular formula is C20H17Cl6SiZr. The van der Waals surface area contributed by atoms with Crippen LogP contribution in [0.2, 0.25) is 33.2 Å². The Bertz CT molecular complexity index is 982. The van der Waals surface area contributed by atoms with E-state index in [0.29, 0.717) is 20.1 Å². The Morgan fingerprint density at radius 3 is 1.39 bits per heavy atom. The molecule has 2 aromatic rings. The van der Waals surface area contributed by atoms with E-state index in [-0.39, 0.29) is 7.25 Å². The second kappa shape index (κ2) is 7.42. The monoisotopic (exact) mass is 585 g/mol. The summed E-state index contributed by atoms with van der Waals surface area (Å²) < 4.78 is -0.0347. The summed E-state index contributed by atoms with van der Waals surface area (Å²) in [5.74, 6) is -1.51. The molecular weight excluding hydrogens is 572 g/mol. The van der Waals surface area contributed by atoms with Gasteiger partial charge in [0, 0.05) is 0 Å². The summed E-state index contributed by atoms with van der Waals surface area (Å²) in [5, 5.41) is 2.14. The normalized spacial score (nSPS) is 21.7. The van der Waals surface area contributed by atoms with E-state index in [2.05, 4.69) is 37.4 Å². The zero-order chi connectivity index (χ0) is 20.5. The van der Waals surface area contributed by atoms with Gasteiger partial charge in [0.25, 0.3) is 0 Å². The molecule has 0 aromatic heterocycles. The summed E-state index contributed by atoms with van der Waals surface area (Å²) in [6, 6.07) is 7.67. The van der Waals surface area contributed by atoms with Crippen molar-refractivity contribution in [3.63, 3.8) is 0 Å². The zero-order valence-corrected chi connectivity index (χ0v) is 23.3. The third kappa shape index (κ3) is 3.18. The van der Waals surface area contributed by atoms with Crippen LogP contribution in [0.25, 0.3) is 12.2 Å². The number of benzene rings is 2. The Kier molecular flexibility index (Phi) is 5.82. The Morgan fingerprint density at radius 2 is 1.04 bits per heavy atom. The van der Waals surface area contributed by atoms with Crippen LogP contribution in [-0.2, 0) is 15.6 Å². The molecule has 0 saturated carbocycles. The first-order chi connectivity index (χ1) is 13.0. The molecule has 28 heavy (non-hydrogen) atoms. The average Bonchev–Trinajstić information content (AvgIpc) is 3.21. The van der Waals surface area contributed by atoms with Gasteiger partial charge in [-0.1, -0.05) is 0 Å². The van der Waals surface area contributed by atoms with E-state index in [9.17, 15) is 0 Å². The van der Waals surface area contributed by atoms with Crippen LogP contribution >= 0.6 is 63.4 Å². The molecule has 0 aliphatic heterocycles. The van der Waals surface area contributed by atoms with Crippen LogP contribution in [0.4, 0.5) is 0 Å². The van der Waals surface area contributed by atoms with Gasteiger partial charge in [0.1, 0.15) is 0 Å². The van der Waals surface area contributed by atoms with E-state index in [1.165, 1.54) is 0 Å². The first-order valence-electron chi connectivity index (χ1n) is 8.95. The molecule has 2 aliphatic carbocycles. The molecule has 0 amide bonds. The van der Waals surface area contributed by atoms with Crippen molar-refractivity contribution < 1.29 is 15.6 Å². The van der Waals surface area contributed by atoms with Crippen molar-refractivity contribution in [2.45, 2.75) is 20.3 Å². The van der Waals surface area contributed by atoms with Crippen molar-refractivity contribution in [3.8, 4) is 0 Å². The van der Waals surface area contributed by atoms with Crippen LogP contribution in [0.15, 0.2) is 36.4 Å². The fourth-order valence-corrected chi connectivity index (χ4v) is 32.5. The Morgan fingerprint density at radius 1 is 0.679 bits per heavy atom. The molecule has 0 fully saturated rings. The quantitative estimate of drug-likeness (QED) is 0.314. The van der Waals surface area contributed by atoms with Crippen LogP contribution in [0, 0.1) is 0 Å². The van der Waals surface area contributed by atoms with E-state index in [4.69, 9.17) is 63.4 Å². The minimum atomic E-state index is -4.48. The van der Waals surface area contributed by atoms with Crippen LogP contribution in [-0.4, -0.2) is 5.92 Å². The molecule has 0 saturated heterocycles. The molecule has 0 spiro atoms. The number of hydrogen-bond acceptors (Lipinski definition) is 0. The van der Waals surface area contributed by atoms with Gasteiger partial charge in [-0.2, -0.15) is 0 Å². The van der Waals surface area contributed by atoms with E-state index < -0.39 is 21.5 Å². The van der Waals surface area contributed by atoms with Crippen molar-refractivity contribution in [2.75, 3.05) is 0 Å². The van der Waals surface area contributed by atoms with E-state index >= 15 is 0 Å². The summed E-state index contributed by atoms with van der Waals surface area (Å²) in [6.07, 6.45) is 8.48. The predicted octanol–water partition coefficient (Wildman–Crippen LogP) is 9.12. The topological polar surface area (TPSA) is 0 Å². The fraction of sp³-hybridized carbons (Fsp3) is 0.200. The van der Waals surface area contributed by atoms with Gasteiger partial charge >= 0.3 is 196 Å². The van der Waals surface area contributed by atoms with Crippen LogP contribution in [0.1, 0.15) is 29.5 Å². The summed E-state index contributed by atoms with van der Waals surface area (Å²) in [7, 11) is 15.5. The van der Waals surface area contributed by atoms with Crippen molar-refractivity contribution in [1.29, 1.82) is 0 Å². The Hall–Kier alpha value is 0.760. The van der Waals surface area contributed by atoms with Gasteiger partial charge in [-0.25, -0.2) is 0 Å². The maximum absolute atomic E-state index is 7.76. The first-order valence-corrected chi connectivity index (χ1v) is 26.8. The second-order valence-corrected chi connectivity index (χ2v) is 52.2. The third-order valence-corrected chi connectivity index (χ3v) is 59.7. The van der Waals surface area contributed by atoms with E-state index in [0.717, 1.165) is 22.3 Å². The van der Waals surface area contributed by atoms with Crippen molar-refractivity contribution in [3.05, 3.63) is 78.8 Å². The second-order valence-electron chi connectivity index (χ2n) is 7.84. The van der Waals surface area contributed by atoms with Crippen molar-refractivity contribution in [2.24, 2.45) is 0 Å². The summed E-state index contributed by atoms with van der Waals surface area (Å²) in [4.78, 5) is 0. The van der Waals surface area contributed by atoms with Crippen LogP contribution < -0.4 is 0 Å². The van der Waals surface area contributed by atoms with Gasteiger partial charge in [0.2, 0.25) is 0 Å². The van der Waals surface area contributed by atoms with E-state index in [1.54, 1.807) is 0 Å².